The van der Waals surface area contributed by atoms with Crippen molar-refractivity contribution in [2.24, 2.45) is 7.05 Å². The number of methoxy groups -OCH3 is 1. The monoisotopic (exact) mass is 483 g/mol. The fraction of sp³-hybridized carbons (Fsp3) is 0.450. The molecule has 0 saturated carbocycles. The van der Waals surface area contributed by atoms with Crippen molar-refractivity contribution < 1.29 is 14.3 Å². The van der Waals surface area contributed by atoms with Crippen molar-refractivity contribution in [3.8, 4) is 5.88 Å². The number of amides is 1. The minimum absolute atomic E-state index is 0. The van der Waals surface area contributed by atoms with Crippen LogP contribution >= 0.6 is 35.5 Å². The number of aromatic nitrogens is 3. The van der Waals surface area contributed by atoms with Gasteiger partial charge in [0.2, 0.25) is 5.88 Å². The summed E-state index contributed by atoms with van der Waals surface area (Å²) in [4.78, 5) is 23.5. The second-order valence-corrected chi connectivity index (χ2v) is 8.86. The zero-order valence-electron chi connectivity index (χ0n) is 17.7. The van der Waals surface area contributed by atoms with Crippen LogP contribution in [0.15, 0.2) is 29.3 Å². The van der Waals surface area contributed by atoms with E-state index in [0.717, 1.165) is 43.1 Å². The summed E-state index contributed by atoms with van der Waals surface area (Å²) in [5.41, 5.74) is 1.33. The second kappa shape index (κ2) is 10.6. The van der Waals surface area contributed by atoms with Crippen LogP contribution in [0.2, 0.25) is 0 Å². The predicted octanol–water partition coefficient (Wildman–Crippen LogP) is 3.16. The van der Waals surface area contributed by atoms with Crippen molar-refractivity contribution in [1.29, 1.82) is 0 Å². The van der Waals surface area contributed by atoms with E-state index < -0.39 is 0 Å². The summed E-state index contributed by atoms with van der Waals surface area (Å²) < 4.78 is 13.4. The SMILES string of the molecule is COc1nn(C)cc1C(=O)N(CCN1CCOCC1)c1nc2ccc(SC)cc2s1.Cl. The Morgan fingerprint density at radius 1 is 1.35 bits per heavy atom. The quantitative estimate of drug-likeness (QED) is 0.478. The third-order valence-electron chi connectivity index (χ3n) is 5.02. The number of benzene rings is 1. The topological polar surface area (TPSA) is 72.7 Å². The minimum Gasteiger partial charge on any atom is -0.479 e. The summed E-state index contributed by atoms with van der Waals surface area (Å²) in [7, 11) is 3.30. The highest BCUT2D eigenvalue weighted by Gasteiger charge is 2.27. The normalized spacial score (nSPS) is 14.4. The molecule has 1 aliphatic heterocycles. The summed E-state index contributed by atoms with van der Waals surface area (Å²) in [5.74, 6) is 0.169. The molecule has 0 aliphatic carbocycles. The van der Waals surface area contributed by atoms with Gasteiger partial charge in [-0.3, -0.25) is 19.3 Å². The van der Waals surface area contributed by atoms with Crippen LogP contribution in [0.25, 0.3) is 10.2 Å². The average Bonchev–Trinajstić information content (AvgIpc) is 3.36. The predicted molar refractivity (Wildman–Crippen MR) is 127 cm³/mol. The van der Waals surface area contributed by atoms with Crippen molar-refractivity contribution >= 4 is 56.8 Å². The van der Waals surface area contributed by atoms with Crippen LogP contribution in [0.3, 0.4) is 0 Å². The molecular weight excluding hydrogens is 458 g/mol. The van der Waals surface area contributed by atoms with Crippen LogP contribution in [-0.4, -0.2) is 78.3 Å². The Morgan fingerprint density at radius 3 is 2.84 bits per heavy atom. The van der Waals surface area contributed by atoms with Crippen molar-refractivity contribution in [2.75, 3.05) is 57.7 Å². The lowest BCUT2D eigenvalue weighted by Crippen LogP contribution is -2.43. The van der Waals surface area contributed by atoms with Gasteiger partial charge in [0.25, 0.3) is 5.91 Å². The molecule has 1 aliphatic rings. The Hall–Kier alpha value is -1.85. The van der Waals surface area contributed by atoms with Gasteiger partial charge in [0, 0.05) is 44.3 Å². The van der Waals surface area contributed by atoms with Crippen LogP contribution in [0.5, 0.6) is 5.88 Å². The zero-order valence-corrected chi connectivity index (χ0v) is 20.2. The van der Waals surface area contributed by atoms with Crippen LogP contribution in [0.1, 0.15) is 10.4 Å². The molecule has 0 spiro atoms. The Morgan fingerprint density at radius 2 is 2.13 bits per heavy atom. The largest absolute Gasteiger partial charge is 0.479 e. The highest BCUT2D eigenvalue weighted by atomic mass is 35.5. The van der Waals surface area contributed by atoms with E-state index in [4.69, 9.17) is 14.5 Å². The number of thioether (sulfide) groups is 1. The number of anilines is 1. The number of fused-ring (bicyclic) bond motifs is 1. The molecule has 1 fully saturated rings. The van der Waals surface area contributed by atoms with Gasteiger partial charge in [-0.15, -0.1) is 29.3 Å². The van der Waals surface area contributed by atoms with Gasteiger partial charge in [-0.1, -0.05) is 11.3 Å². The molecule has 0 atom stereocenters. The highest BCUT2D eigenvalue weighted by Crippen LogP contribution is 2.33. The van der Waals surface area contributed by atoms with E-state index in [2.05, 4.69) is 28.4 Å². The molecule has 4 rings (SSSR count). The molecule has 3 heterocycles. The van der Waals surface area contributed by atoms with E-state index in [9.17, 15) is 4.79 Å². The Labute approximate surface area is 195 Å². The van der Waals surface area contributed by atoms with Crippen LogP contribution in [0.4, 0.5) is 5.13 Å². The van der Waals surface area contributed by atoms with Gasteiger partial charge < -0.3 is 9.47 Å². The number of hydrogen-bond donors (Lipinski definition) is 0. The van der Waals surface area contributed by atoms with Crippen molar-refractivity contribution in [3.63, 3.8) is 0 Å². The number of ether oxygens (including phenoxy) is 2. The molecule has 1 aromatic carbocycles. The number of carbonyl (C=O) groups is 1. The summed E-state index contributed by atoms with van der Waals surface area (Å²) in [6.45, 7) is 4.48. The molecule has 11 heteroatoms. The second-order valence-electron chi connectivity index (χ2n) is 6.97. The average molecular weight is 484 g/mol. The number of nitrogens with zero attached hydrogens (tertiary/aromatic N) is 5. The fourth-order valence-corrected chi connectivity index (χ4v) is 4.94. The number of carbonyl (C=O) groups excluding carboxylic acids is 1. The molecular formula is C20H26ClN5O3S2. The molecule has 0 radical (unpaired) electrons. The maximum Gasteiger partial charge on any atom is 0.267 e. The number of thiazole rings is 1. The van der Waals surface area contributed by atoms with E-state index in [0.29, 0.717) is 23.1 Å². The van der Waals surface area contributed by atoms with Gasteiger partial charge in [0.05, 0.1) is 30.5 Å². The van der Waals surface area contributed by atoms with Gasteiger partial charge in [-0.05, 0) is 24.5 Å². The van der Waals surface area contributed by atoms with E-state index >= 15 is 0 Å². The van der Waals surface area contributed by atoms with E-state index in [1.165, 1.54) is 23.3 Å². The van der Waals surface area contributed by atoms with Crippen molar-refractivity contribution in [1.82, 2.24) is 19.7 Å². The molecule has 1 amide bonds. The zero-order chi connectivity index (χ0) is 21.1. The Bertz CT molecular complexity index is 1040. The fourth-order valence-electron chi connectivity index (χ4n) is 3.40. The maximum atomic E-state index is 13.5. The molecule has 3 aromatic rings. The van der Waals surface area contributed by atoms with Gasteiger partial charge in [-0.2, -0.15) is 0 Å². The first kappa shape index (κ1) is 23.8. The van der Waals surface area contributed by atoms with E-state index in [-0.39, 0.29) is 18.3 Å². The van der Waals surface area contributed by atoms with Crippen LogP contribution in [0, 0.1) is 0 Å². The summed E-state index contributed by atoms with van der Waals surface area (Å²) in [5, 5.41) is 4.93. The van der Waals surface area contributed by atoms with Crippen LogP contribution < -0.4 is 9.64 Å². The first-order chi connectivity index (χ1) is 14.6. The maximum absolute atomic E-state index is 13.5. The molecule has 168 valence electrons. The number of morpholine rings is 1. The van der Waals surface area contributed by atoms with Gasteiger partial charge >= 0.3 is 0 Å². The Kier molecular flexibility index (Phi) is 8.17. The Balaban J connectivity index is 0.00000272. The van der Waals surface area contributed by atoms with Crippen LogP contribution in [-0.2, 0) is 11.8 Å². The highest BCUT2D eigenvalue weighted by molar-refractivity contribution is 7.98. The third kappa shape index (κ3) is 5.32. The lowest BCUT2D eigenvalue weighted by atomic mass is 10.3. The van der Waals surface area contributed by atoms with E-state index in [1.54, 1.807) is 34.6 Å². The summed E-state index contributed by atoms with van der Waals surface area (Å²) >= 11 is 3.23. The molecule has 31 heavy (non-hydrogen) atoms. The number of rotatable bonds is 7. The first-order valence-corrected chi connectivity index (χ1v) is 11.8. The molecule has 8 nitrogen and oxygen atoms in total. The van der Waals surface area contributed by atoms with Gasteiger partial charge in [-0.25, -0.2) is 4.98 Å². The summed E-state index contributed by atoms with van der Waals surface area (Å²) in [6.07, 6.45) is 3.75. The standard InChI is InChI=1S/C20H25N5O3S2.ClH/c1-23-13-15(18(22-23)27-2)19(26)25(7-6-24-8-10-28-11-9-24)20-21-16-5-4-14(29-3)12-17(16)30-20;/h4-5,12-13H,6-11H2,1-3H3;1H. The number of hydrogen-bond acceptors (Lipinski definition) is 8. The number of halogens is 1. The molecule has 0 unspecified atom stereocenters. The van der Waals surface area contributed by atoms with E-state index in [1.807, 2.05) is 6.07 Å². The lowest BCUT2D eigenvalue weighted by Gasteiger charge is -2.29. The molecule has 2 aromatic heterocycles. The summed E-state index contributed by atoms with van der Waals surface area (Å²) in [6, 6.07) is 6.19. The lowest BCUT2D eigenvalue weighted by molar-refractivity contribution is 0.0391. The van der Waals surface area contributed by atoms with Gasteiger partial charge in [0.15, 0.2) is 5.13 Å². The smallest absolute Gasteiger partial charge is 0.267 e. The molecule has 0 bridgehead atoms. The molecule has 0 N–H and O–H groups in total. The minimum atomic E-state index is -0.155. The third-order valence-corrected chi connectivity index (χ3v) is 6.79. The van der Waals surface area contributed by atoms with Crippen molar-refractivity contribution in [2.45, 2.75) is 4.90 Å². The number of aryl methyl sites for hydroxylation is 1. The molecule has 1 saturated heterocycles. The van der Waals surface area contributed by atoms with Gasteiger partial charge in [0.1, 0.15) is 5.56 Å². The van der Waals surface area contributed by atoms with Crippen molar-refractivity contribution in [3.05, 3.63) is 30.0 Å². The first-order valence-electron chi connectivity index (χ1n) is 9.73.